The molecule has 1 aliphatic rings. The Kier molecular flexibility index (Phi) is 6.60. The van der Waals surface area contributed by atoms with Gasteiger partial charge in [0.2, 0.25) is 0 Å². The van der Waals surface area contributed by atoms with Gasteiger partial charge >= 0.3 is 0 Å². The van der Waals surface area contributed by atoms with E-state index in [4.69, 9.17) is 9.47 Å². The van der Waals surface area contributed by atoms with Gasteiger partial charge in [-0.25, -0.2) is 13.2 Å². The van der Waals surface area contributed by atoms with E-state index in [2.05, 4.69) is 18.8 Å². The van der Waals surface area contributed by atoms with Crippen LogP contribution in [-0.4, -0.2) is 19.5 Å². The minimum atomic E-state index is -0.889. The minimum Gasteiger partial charge on any atom is -0.352 e. The Morgan fingerprint density at radius 2 is 1.71 bits per heavy atom. The summed E-state index contributed by atoms with van der Waals surface area (Å²) in [6.07, 6.45) is 2.12. The highest BCUT2D eigenvalue weighted by molar-refractivity contribution is 5.84. The molecule has 0 N–H and O–H groups in total. The maximum absolute atomic E-state index is 14.5. The SMILES string of the molecule is CCC1COC(CCc2ccc(C#Cc3ccc4c(F)c(F)ccc4c3)c(F)c2)OC1. The molecule has 0 unspecified atom stereocenters. The molecule has 2 nitrogen and oxygen atoms in total. The first-order valence-corrected chi connectivity index (χ1v) is 10.4. The molecule has 0 saturated carbocycles. The Bertz CT molecular complexity index is 1140. The van der Waals surface area contributed by atoms with Crippen LogP contribution >= 0.6 is 0 Å². The quantitative estimate of drug-likeness (QED) is 0.479. The normalized spacial score (nSPS) is 18.6. The smallest absolute Gasteiger partial charge is 0.166 e. The van der Waals surface area contributed by atoms with Gasteiger partial charge in [-0.2, -0.15) is 0 Å². The van der Waals surface area contributed by atoms with Crippen LogP contribution in [0.5, 0.6) is 0 Å². The highest BCUT2D eigenvalue weighted by atomic mass is 19.2. The second-order valence-corrected chi connectivity index (χ2v) is 7.77. The van der Waals surface area contributed by atoms with Crippen LogP contribution in [0.2, 0.25) is 0 Å². The maximum atomic E-state index is 14.5. The van der Waals surface area contributed by atoms with Gasteiger partial charge in [0.25, 0.3) is 0 Å². The van der Waals surface area contributed by atoms with E-state index in [-0.39, 0.29) is 17.2 Å². The van der Waals surface area contributed by atoms with E-state index in [1.165, 1.54) is 18.2 Å². The van der Waals surface area contributed by atoms with Crippen molar-refractivity contribution < 1.29 is 22.6 Å². The van der Waals surface area contributed by atoms with Crippen molar-refractivity contribution in [1.29, 1.82) is 0 Å². The lowest BCUT2D eigenvalue weighted by Gasteiger charge is -2.28. The fourth-order valence-electron chi connectivity index (χ4n) is 3.57. The van der Waals surface area contributed by atoms with Crippen LogP contribution in [0.3, 0.4) is 0 Å². The average molecular weight is 424 g/mol. The third-order valence-corrected chi connectivity index (χ3v) is 5.56. The predicted octanol–water partition coefficient (Wildman–Crippen LogP) is 5.99. The highest BCUT2D eigenvalue weighted by Crippen LogP contribution is 2.22. The van der Waals surface area contributed by atoms with E-state index in [0.29, 0.717) is 42.9 Å². The largest absolute Gasteiger partial charge is 0.352 e. The Morgan fingerprint density at radius 1 is 0.903 bits per heavy atom. The van der Waals surface area contributed by atoms with Crippen LogP contribution in [-0.2, 0) is 15.9 Å². The molecule has 31 heavy (non-hydrogen) atoms. The van der Waals surface area contributed by atoms with Crippen LogP contribution in [0.1, 0.15) is 36.5 Å². The molecule has 5 heteroatoms. The van der Waals surface area contributed by atoms with E-state index in [1.807, 2.05) is 6.07 Å². The maximum Gasteiger partial charge on any atom is 0.166 e. The number of halogens is 3. The van der Waals surface area contributed by atoms with Gasteiger partial charge in [-0.05, 0) is 54.1 Å². The zero-order chi connectivity index (χ0) is 21.8. The Hall–Kier alpha value is -2.81. The third-order valence-electron chi connectivity index (χ3n) is 5.56. The van der Waals surface area contributed by atoms with Crippen molar-refractivity contribution in [1.82, 2.24) is 0 Å². The molecular weight excluding hydrogens is 401 g/mol. The number of hydrogen-bond donors (Lipinski definition) is 0. The molecule has 4 rings (SSSR count). The number of hydrogen-bond acceptors (Lipinski definition) is 2. The van der Waals surface area contributed by atoms with Crippen LogP contribution in [0.15, 0.2) is 48.5 Å². The number of aryl methyl sites for hydroxylation is 1. The standard InChI is InChI=1S/C26H23F3O2/c1-2-17-15-30-25(31-16-17)12-6-19-4-8-20(24(28)14-19)7-3-18-5-10-22-21(13-18)9-11-23(27)26(22)29/h4-5,8-11,13-14,17,25H,2,6,12,15-16H2,1H3. The van der Waals surface area contributed by atoms with Crippen LogP contribution < -0.4 is 0 Å². The second-order valence-electron chi connectivity index (χ2n) is 7.77. The molecular formula is C26H23F3O2. The number of fused-ring (bicyclic) bond motifs is 1. The van der Waals surface area contributed by atoms with Gasteiger partial charge in [-0.15, -0.1) is 0 Å². The van der Waals surface area contributed by atoms with E-state index < -0.39 is 17.5 Å². The molecule has 0 bridgehead atoms. The predicted molar refractivity (Wildman–Crippen MR) is 114 cm³/mol. The summed E-state index contributed by atoms with van der Waals surface area (Å²) >= 11 is 0. The molecule has 0 spiro atoms. The molecule has 0 aromatic heterocycles. The van der Waals surface area contributed by atoms with Gasteiger partial charge in [0.1, 0.15) is 5.82 Å². The molecule has 1 heterocycles. The van der Waals surface area contributed by atoms with Crippen molar-refractivity contribution in [2.75, 3.05) is 13.2 Å². The fourth-order valence-corrected chi connectivity index (χ4v) is 3.57. The van der Waals surface area contributed by atoms with E-state index in [0.717, 1.165) is 18.1 Å². The Labute approximate surface area is 180 Å². The number of rotatable bonds is 4. The molecule has 0 amide bonds. The van der Waals surface area contributed by atoms with Crippen molar-refractivity contribution in [2.24, 2.45) is 5.92 Å². The summed E-state index contributed by atoms with van der Waals surface area (Å²) in [5.74, 6) is 4.01. The van der Waals surface area contributed by atoms with Crippen LogP contribution in [0, 0.1) is 35.2 Å². The van der Waals surface area contributed by atoms with E-state index in [9.17, 15) is 13.2 Å². The lowest BCUT2D eigenvalue weighted by atomic mass is 10.0. The zero-order valence-corrected chi connectivity index (χ0v) is 17.3. The first kappa shape index (κ1) is 21.4. The summed E-state index contributed by atoms with van der Waals surface area (Å²) in [4.78, 5) is 0. The van der Waals surface area contributed by atoms with Gasteiger partial charge in [0.15, 0.2) is 17.9 Å². The summed E-state index contributed by atoms with van der Waals surface area (Å²) in [7, 11) is 0. The lowest BCUT2D eigenvalue weighted by molar-refractivity contribution is -0.202. The van der Waals surface area contributed by atoms with Gasteiger partial charge in [-0.1, -0.05) is 37.0 Å². The summed E-state index contributed by atoms with van der Waals surface area (Å²) in [5, 5.41) is 0.733. The van der Waals surface area contributed by atoms with Crippen molar-refractivity contribution in [3.63, 3.8) is 0 Å². The number of benzene rings is 3. The number of ether oxygens (including phenoxy) is 2. The second kappa shape index (κ2) is 9.55. The van der Waals surface area contributed by atoms with Crippen molar-refractivity contribution in [3.8, 4) is 11.8 Å². The summed E-state index contributed by atoms with van der Waals surface area (Å²) in [5.41, 5.74) is 1.74. The first-order chi connectivity index (χ1) is 15.0. The molecule has 3 aromatic carbocycles. The molecule has 3 aromatic rings. The van der Waals surface area contributed by atoms with Gasteiger partial charge in [0, 0.05) is 23.3 Å². The van der Waals surface area contributed by atoms with Gasteiger partial charge in [-0.3, -0.25) is 0 Å². The fraction of sp³-hybridized carbons (Fsp3) is 0.308. The Balaban J connectivity index is 1.42. The Morgan fingerprint density at radius 3 is 2.45 bits per heavy atom. The van der Waals surface area contributed by atoms with E-state index in [1.54, 1.807) is 18.2 Å². The molecule has 0 radical (unpaired) electrons. The third kappa shape index (κ3) is 5.10. The van der Waals surface area contributed by atoms with Crippen molar-refractivity contribution in [2.45, 2.75) is 32.5 Å². The minimum absolute atomic E-state index is 0.192. The van der Waals surface area contributed by atoms with Gasteiger partial charge < -0.3 is 9.47 Å². The topological polar surface area (TPSA) is 18.5 Å². The molecule has 0 atom stereocenters. The van der Waals surface area contributed by atoms with Crippen LogP contribution in [0.4, 0.5) is 13.2 Å². The molecule has 1 fully saturated rings. The average Bonchev–Trinajstić information content (AvgIpc) is 2.80. The highest BCUT2D eigenvalue weighted by Gasteiger charge is 2.20. The first-order valence-electron chi connectivity index (χ1n) is 10.4. The van der Waals surface area contributed by atoms with E-state index >= 15 is 0 Å². The monoisotopic (exact) mass is 424 g/mol. The van der Waals surface area contributed by atoms with Crippen molar-refractivity contribution in [3.05, 3.63) is 82.7 Å². The van der Waals surface area contributed by atoms with Crippen LogP contribution in [0.25, 0.3) is 10.8 Å². The molecule has 160 valence electrons. The summed E-state index contributed by atoms with van der Waals surface area (Å²) in [6, 6.07) is 12.3. The lowest BCUT2D eigenvalue weighted by Crippen LogP contribution is -2.32. The zero-order valence-electron chi connectivity index (χ0n) is 17.3. The van der Waals surface area contributed by atoms with Crippen molar-refractivity contribution >= 4 is 10.8 Å². The summed E-state index contributed by atoms with van der Waals surface area (Å²) < 4.78 is 53.1. The molecule has 1 aliphatic heterocycles. The van der Waals surface area contributed by atoms with Gasteiger partial charge in [0.05, 0.1) is 18.8 Å². The molecule has 0 aliphatic carbocycles. The summed E-state index contributed by atoms with van der Waals surface area (Å²) in [6.45, 7) is 3.53. The molecule has 1 saturated heterocycles.